The highest BCUT2D eigenvalue weighted by atomic mass is 32.1. The maximum Gasteiger partial charge on any atom is 0.346 e. The lowest BCUT2D eigenvalue weighted by Crippen LogP contribution is -2.05. The zero-order valence-electron chi connectivity index (χ0n) is 15.4. The van der Waals surface area contributed by atoms with Gasteiger partial charge in [0.15, 0.2) is 0 Å². The van der Waals surface area contributed by atoms with E-state index < -0.39 is 5.97 Å². The summed E-state index contributed by atoms with van der Waals surface area (Å²) in [7, 11) is 0. The molecule has 1 aromatic heterocycles. The zero-order valence-corrected chi connectivity index (χ0v) is 16.3. The highest BCUT2D eigenvalue weighted by Gasteiger charge is 2.23. The Morgan fingerprint density at radius 2 is 1.79 bits per heavy atom. The fraction of sp³-hybridized carbons (Fsp3) is 0.136. The molecule has 0 saturated heterocycles. The van der Waals surface area contributed by atoms with E-state index in [2.05, 4.69) is 11.4 Å². The second-order valence-corrected chi connectivity index (χ2v) is 7.32. The molecule has 3 rings (SSSR count). The zero-order chi connectivity index (χ0) is 20.3. The number of benzene rings is 2. The van der Waals surface area contributed by atoms with Crippen LogP contribution in [0.3, 0.4) is 0 Å². The largest absolute Gasteiger partial charge is 0.477 e. The third-order valence-electron chi connectivity index (χ3n) is 4.30. The van der Waals surface area contributed by atoms with Crippen molar-refractivity contribution < 1.29 is 14.7 Å². The molecule has 6 heteroatoms. The molecule has 0 unspecified atom stereocenters. The van der Waals surface area contributed by atoms with Crippen molar-refractivity contribution in [2.45, 2.75) is 20.3 Å². The number of hydrogen-bond acceptors (Lipinski definition) is 4. The normalized spacial score (nSPS) is 10.3. The van der Waals surface area contributed by atoms with Crippen LogP contribution in [0.4, 0.5) is 5.69 Å². The molecule has 0 aliphatic carbocycles. The van der Waals surface area contributed by atoms with Crippen molar-refractivity contribution in [3.8, 4) is 28.3 Å². The van der Waals surface area contributed by atoms with Crippen LogP contribution in [0.15, 0.2) is 48.5 Å². The first kappa shape index (κ1) is 19.3. The number of thiophene rings is 1. The quantitative estimate of drug-likeness (QED) is 0.628. The van der Waals surface area contributed by atoms with E-state index in [4.69, 9.17) is 0 Å². The van der Waals surface area contributed by atoms with Crippen LogP contribution in [0.5, 0.6) is 0 Å². The molecule has 0 bridgehead atoms. The number of hydrogen-bond donors (Lipinski definition) is 2. The van der Waals surface area contributed by atoms with Gasteiger partial charge in [0.05, 0.1) is 5.56 Å². The molecule has 140 valence electrons. The number of amides is 1. The van der Waals surface area contributed by atoms with E-state index in [1.54, 1.807) is 0 Å². The van der Waals surface area contributed by atoms with Gasteiger partial charge in [0.25, 0.3) is 0 Å². The van der Waals surface area contributed by atoms with Crippen molar-refractivity contribution in [3.63, 3.8) is 0 Å². The molecule has 0 radical (unpaired) electrons. The van der Waals surface area contributed by atoms with Crippen molar-refractivity contribution >= 4 is 28.9 Å². The second-order valence-electron chi connectivity index (χ2n) is 6.21. The summed E-state index contributed by atoms with van der Waals surface area (Å²) in [6.45, 7) is 3.37. The van der Waals surface area contributed by atoms with Gasteiger partial charge in [-0.25, -0.2) is 4.79 Å². The highest BCUT2D eigenvalue weighted by Crippen LogP contribution is 2.37. The Morgan fingerprint density at radius 3 is 2.36 bits per heavy atom. The Labute approximate surface area is 166 Å². The molecule has 0 fully saturated rings. The van der Waals surface area contributed by atoms with Gasteiger partial charge in [-0.05, 0) is 35.2 Å². The van der Waals surface area contributed by atoms with Crippen molar-refractivity contribution in [2.75, 3.05) is 5.32 Å². The SMILES string of the molecule is CCc1sc(C(=O)O)c(-c2ccc(-c3cccc(NC(C)=O)c3)cc2)c1C#N. The third-order valence-corrected chi connectivity index (χ3v) is 5.62. The van der Waals surface area contributed by atoms with Crippen LogP contribution in [0.2, 0.25) is 0 Å². The molecule has 0 saturated carbocycles. The fourth-order valence-electron chi connectivity index (χ4n) is 3.08. The summed E-state index contributed by atoms with van der Waals surface area (Å²) in [6, 6.07) is 17.1. The van der Waals surface area contributed by atoms with Crippen LogP contribution in [-0.4, -0.2) is 17.0 Å². The maximum atomic E-state index is 11.7. The number of nitrogens with one attached hydrogen (secondary N) is 1. The summed E-state index contributed by atoms with van der Waals surface area (Å²) in [5.41, 5.74) is 4.18. The number of nitrogens with zero attached hydrogens (tertiary/aromatic N) is 1. The first-order valence-electron chi connectivity index (χ1n) is 8.72. The van der Waals surface area contributed by atoms with Gasteiger partial charge < -0.3 is 10.4 Å². The van der Waals surface area contributed by atoms with Gasteiger partial charge in [-0.3, -0.25) is 4.79 Å². The number of carbonyl (C=O) groups is 2. The average molecular weight is 390 g/mol. The summed E-state index contributed by atoms with van der Waals surface area (Å²) >= 11 is 1.16. The number of carboxylic acids is 1. The lowest BCUT2D eigenvalue weighted by molar-refractivity contribution is -0.114. The molecular formula is C22H18N2O3S. The minimum absolute atomic E-state index is 0.137. The molecule has 2 aromatic carbocycles. The minimum atomic E-state index is -1.02. The number of nitriles is 1. The maximum absolute atomic E-state index is 11.7. The summed E-state index contributed by atoms with van der Waals surface area (Å²) in [5.74, 6) is -1.16. The summed E-state index contributed by atoms with van der Waals surface area (Å²) in [5, 5.41) is 21.9. The van der Waals surface area contributed by atoms with Crippen molar-refractivity contribution in [3.05, 3.63) is 63.8 Å². The van der Waals surface area contributed by atoms with Gasteiger partial charge in [-0.15, -0.1) is 11.3 Å². The molecule has 2 N–H and O–H groups in total. The Balaban J connectivity index is 2.03. The molecule has 1 heterocycles. The molecule has 5 nitrogen and oxygen atoms in total. The third kappa shape index (κ3) is 3.80. The minimum Gasteiger partial charge on any atom is -0.477 e. The molecule has 1 amide bonds. The Morgan fingerprint density at radius 1 is 1.11 bits per heavy atom. The number of carboxylic acid groups (broad SMARTS) is 1. The average Bonchev–Trinajstić information content (AvgIpc) is 3.07. The second kappa shape index (κ2) is 8.07. The van der Waals surface area contributed by atoms with Crippen LogP contribution in [0.25, 0.3) is 22.3 Å². The summed E-state index contributed by atoms with van der Waals surface area (Å²) < 4.78 is 0. The van der Waals surface area contributed by atoms with E-state index in [-0.39, 0.29) is 10.8 Å². The van der Waals surface area contributed by atoms with Gasteiger partial charge in [0.2, 0.25) is 5.91 Å². The van der Waals surface area contributed by atoms with Crippen LogP contribution in [0.1, 0.15) is 34.0 Å². The van der Waals surface area contributed by atoms with E-state index in [1.165, 1.54) is 6.92 Å². The van der Waals surface area contributed by atoms with Crippen LogP contribution < -0.4 is 5.32 Å². The Hall–Kier alpha value is -3.43. The van der Waals surface area contributed by atoms with Gasteiger partial charge in [-0.2, -0.15) is 5.26 Å². The summed E-state index contributed by atoms with van der Waals surface area (Å²) in [4.78, 5) is 23.9. The van der Waals surface area contributed by atoms with Crippen LogP contribution in [-0.2, 0) is 11.2 Å². The van der Waals surface area contributed by atoms with Gasteiger partial charge in [0.1, 0.15) is 10.9 Å². The number of carbonyl (C=O) groups excluding carboxylic acids is 1. The predicted molar refractivity (Wildman–Crippen MR) is 111 cm³/mol. The smallest absolute Gasteiger partial charge is 0.346 e. The molecule has 28 heavy (non-hydrogen) atoms. The van der Waals surface area contributed by atoms with Gasteiger partial charge in [0, 0.05) is 23.1 Å². The van der Waals surface area contributed by atoms with Crippen molar-refractivity contribution in [2.24, 2.45) is 0 Å². The van der Waals surface area contributed by atoms with Crippen LogP contribution in [0, 0.1) is 11.3 Å². The monoisotopic (exact) mass is 390 g/mol. The topological polar surface area (TPSA) is 90.2 Å². The van der Waals surface area contributed by atoms with E-state index >= 15 is 0 Å². The Kier molecular flexibility index (Phi) is 5.57. The number of aryl methyl sites for hydroxylation is 1. The van der Waals surface area contributed by atoms with Crippen LogP contribution >= 0.6 is 11.3 Å². The first-order chi connectivity index (χ1) is 13.4. The van der Waals surface area contributed by atoms with E-state index in [0.29, 0.717) is 28.8 Å². The number of rotatable bonds is 5. The van der Waals surface area contributed by atoms with Crippen molar-refractivity contribution in [1.82, 2.24) is 0 Å². The lowest BCUT2D eigenvalue weighted by Gasteiger charge is -2.08. The Bertz CT molecular complexity index is 1090. The van der Waals surface area contributed by atoms with E-state index in [0.717, 1.165) is 27.3 Å². The molecular weight excluding hydrogens is 372 g/mol. The summed E-state index contributed by atoms with van der Waals surface area (Å²) in [6.07, 6.45) is 0.613. The van der Waals surface area contributed by atoms with Crippen molar-refractivity contribution in [1.29, 1.82) is 5.26 Å². The fourth-order valence-corrected chi connectivity index (χ4v) is 4.13. The molecule has 0 atom stereocenters. The molecule has 3 aromatic rings. The van der Waals surface area contributed by atoms with E-state index in [9.17, 15) is 20.0 Å². The lowest BCUT2D eigenvalue weighted by atomic mass is 9.97. The van der Waals surface area contributed by atoms with Gasteiger partial charge >= 0.3 is 5.97 Å². The standard InChI is InChI=1S/C22H18N2O3S/c1-3-19-18(12-23)20(21(28-19)22(26)27)15-9-7-14(8-10-15)16-5-4-6-17(11-16)24-13(2)25/h4-11H,3H2,1-2H3,(H,24,25)(H,26,27). The number of anilines is 1. The van der Waals surface area contributed by atoms with Gasteiger partial charge in [-0.1, -0.05) is 43.3 Å². The molecule has 0 spiro atoms. The molecule has 0 aliphatic rings. The highest BCUT2D eigenvalue weighted by molar-refractivity contribution is 7.14. The predicted octanol–water partition coefficient (Wildman–Crippen LogP) is 5.17. The molecule has 0 aliphatic heterocycles. The first-order valence-corrected chi connectivity index (χ1v) is 9.53. The number of aromatic carboxylic acids is 1. The van der Waals surface area contributed by atoms with E-state index in [1.807, 2.05) is 55.5 Å².